The highest BCUT2D eigenvalue weighted by Gasteiger charge is 2.57. The Balaban J connectivity index is 1.71. The zero-order valence-electron chi connectivity index (χ0n) is 19.4. The number of nitrogens with zero attached hydrogens (tertiary/aromatic N) is 1. The molecule has 0 saturated carbocycles. The fourth-order valence-electron chi connectivity index (χ4n) is 5.14. The van der Waals surface area contributed by atoms with Gasteiger partial charge >= 0.3 is 6.18 Å². The van der Waals surface area contributed by atoms with Crippen molar-refractivity contribution in [3.63, 3.8) is 0 Å². The van der Waals surface area contributed by atoms with Gasteiger partial charge in [-0.2, -0.15) is 13.2 Å². The van der Waals surface area contributed by atoms with Crippen molar-refractivity contribution in [1.82, 2.24) is 4.98 Å². The van der Waals surface area contributed by atoms with Gasteiger partial charge in [0.25, 0.3) is 0 Å². The third-order valence-corrected chi connectivity index (χ3v) is 6.94. The minimum Gasteiger partial charge on any atom is -0.381 e. The molecule has 0 radical (unpaired) electrons. The normalized spacial score (nSPS) is 21.0. The molecule has 3 aromatic rings. The Morgan fingerprint density at radius 3 is 2.69 bits per heavy atom. The van der Waals surface area contributed by atoms with Crippen LogP contribution in [0.3, 0.4) is 0 Å². The molecule has 2 atom stereocenters. The first-order chi connectivity index (χ1) is 15.7. The van der Waals surface area contributed by atoms with Gasteiger partial charge < -0.3 is 10.4 Å². The molecular formula is C26H29F3N2O. The average Bonchev–Trinajstić information content (AvgIpc) is 2.80. The van der Waals surface area contributed by atoms with Crippen LogP contribution in [-0.4, -0.2) is 29.8 Å². The summed E-state index contributed by atoms with van der Waals surface area (Å²) in [5.41, 5.74) is 0.762. The first-order valence-corrected chi connectivity index (χ1v) is 11.1. The van der Waals surface area contributed by atoms with Gasteiger partial charge in [0, 0.05) is 16.8 Å². The maximum atomic E-state index is 14.6. The molecule has 0 fully saturated rings. The van der Waals surface area contributed by atoms with Crippen molar-refractivity contribution in [3.8, 4) is 0 Å². The number of aromatic nitrogens is 1. The van der Waals surface area contributed by atoms with Crippen LogP contribution < -0.4 is 5.32 Å². The lowest BCUT2D eigenvalue weighted by Crippen LogP contribution is -2.55. The third-order valence-electron chi connectivity index (χ3n) is 6.94. The summed E-state index contributed by atoms with van der Waals surface area (Å²) in [6.45, 7) is 3.24. The van der Waals surface area contributed by atoms with Crippen LogP contribution in [-0.2, 0) is 11.8 Å². The van der Waals surface area contributed by atoms with E-state index >= 15 is 0 Å². The second-order valence-electron chi connectivity index (χ2n) is 8.99. The van der Waals surface area contributed by atoms with Crippen LogP contribution in [0.4, 0.5) is 18.9 Å². The molecular weight excluding hydrogens is 413 g/mol. The molecule has 1 heterocycles. The Labute approximate surface area is 188 Å². The van der Waals surface area contributed by atoms with Gasteiger partial charge in [-0.15, -0.1) is 0 Å². The Kier molecular flexibility index (Phi) is 5.58. The minimum absolute atomic E-state index is 0.310. The molecule has 4 rings (SSSR count). The zero-order valence-corrected chi connectivity index (χ0v) is 18.4. The number of rotatable bonds is 7. The van der Waals surface area contributed by atoms with Crippen molar-refractivity contribution >= 4 is 16.6 Å². The largest absolute Gasteiger partial charge is 0.418 e. The Hall–Kier alpha value is -2.60. The molecule has 2 aromatic carbocycles. The molecule has 1 aliphatic rings. The van der Waals surface area contributed by atoms with Crippen LogP contribution in [0.1, 0.15) is 49.4 Å². The summed E-state index contributed by atoms with van der Waals surface area (Å²) in [6, 6.07) is 16.8. The Morgan fingerprint density at radius 1 is 1.12 bits per heavy atom. The van der Waals surface area contributed by atoms with Gasteiger partial charge in [0.15, 0.2) is 5.60 Å². The summed E-state index contributed by atoms with van der Waals surface area (Å²) < 4.78 is 51.4. The van der Waals surface area contributed by atoms with Gasteiger partial charge in [-0.3, -0.25) is 4.98 Å². The average molecular weight is 444 g/mol. The van der Waals surface area contributed by atoms with Crippen molar-refractivity contribution in [3.05, 3.63) is 71.4 Å². The fraction of sp³-hybridized carbons (Fsp3) is 0.423. The number of anilines is 1. The van der Waals surface area contributed by atoms with Gasteiger partial charge in [0.2, 0.25) is 1.43 Å². The summed E-state index contributed by atoms with van der Waals surface area (Å²) in [4.78, 5) is 4.46. The predicted octanol–water partition coefficient (Wildman–Crippen LogP) is 6.32. The smallest absolute Gasteiger partial charge is 0.381 e. The van der Waals surface area contributed by atoms with Crippen molar-refractivity contribution in [2.75, 3.05) is 11.9 Å². The number of hydrogen-bond donors (Lipinski definition) is 2. The van der Waals surface area contributed by atoms with Gasteiger partial charge in [-0.25, -0.2) is 0 Å². The lowest BCUT2D eigenvalue weighted by Gasteiger charge is -2.44. The predicted molar refractivity (Wildman–Crippen MR) is 122 cm³/mol. The number of hydrogen-bond acceptors (Lipinski definition) is 3. The second-order valence-corrected chi connectivity index (χ2v) is 8.99. The van der Waals surface area contributed by atoms with E-state index in [4.69, 9.17) is 1.43 Å². The summed E-state index contributed by atoms with van der Waals surface area (Å²) in [6.07, 6.45) is -2.18. The molecule has 0 amide bonds. The van der Waals surface area contributed by atoms with E-state index in [0.29, 0.717) is 24.0 Å². The van der Waals surface area contributed by atoms with Crippen LogP contribution in [0.25, 0.3) is 10.9 Å². The zero-order chi connectivity index (χ0) is 23.7. The van der Waals surface area contributed by atoms with Crippen molar-refractivity contribution < 1.29 is 18.3 Å². The van der Waals surface area contributed by atoms with E-state index in [-0.39, 0.29) is 6.42 Å². The van der Waals surface area contributed by atoms with E-state index in [1.807, 2.05) is 56.3 Å². The summed E-state index contributed by atoms with van der Waals surface area (Å²) in [5, 5.41) is 8.34. The van der Waals surface area contributed by atoms with Crippen LogP contribution in [0, 0.1) is 6.92 Å². The van der Waals surface area contributed by atoms with Crippen LogP contribution in [0.2, 0.25) is 0 Å². The SMILES string of the molecule is [2H]OC(CNc1cccc2nc(C)ccc12)(CC1(CC)CCCc2ccccc21)C(F)(F)F. The quantitative estimate of drug-likeness (QED) is 0.449. The van der Waals surface area contributed by atoms with E-state index in [0.717, 1.165) is 35.0 Å². The lowest BCUT2D eigenvalue weighted by atomic mass is 9.63. The first kappa shape index (κ1) is 21.3. The van der Waals surface area contributed by atoms with E-state index in [9.17, 15) is 13.2 Å². The highest BCUT2D eigenvalue weighted by Crippen LogP contribution is 2.48. The van der Waals surface area contributed by atoms with Crippen LogP contribution in [0.5, 0.6) is 0 Å². The van der Waals surface area contributed by atoms with Crippen LogP contribution in [0.15, 0.2) is 54.6 Å². The standard InChI is InChI=1S/C26H29F3N2O/c1-3-24(15-7-9-19-8-4-5-10-21(19)24)16-25(32,26(27,28)29)17-30-22-11-6-12-23-20(22)14-13-18(2)31-23/h4-6,8,10-14,30,32H,3,7,9,15-17H2,1-2H3/i32D. The van der Waals surface area contributed by atoms with Gasteiger partial charge in [-0.1, -0.05) is 37.3 Å². The van der Waals surface area contributed by atoms with Crippen LogP contribution >= 0.6 is 0 Å². The maximum absolute atomic E-state index is 14.6. The summed E-state index contributed by atoms with van der Waals surface area (Å²) >= 11 is 0. The lowest BCUT2D eigenvalue weighted by molar-refractivity contribution is -0.262. The molecule has 2 unspecified atom stereocenters. The molecule has 0 spiro atoms. The minimum atomic E-state index is -4.73. The molecule has 0 bridgehead atoms. The Morgan fingerprint density at radius 2 is 1.94 bits per heavy atom. The monoisotopic (exact) mass is 443 g/mol. The maximum Gasteiger partial charge on any atom is 0.418 e. The number of benzene rings is 2. The van der Waals surface area contributed by atoms with Gasteiger partial charge in [0.1, 0.15) is 0 Å². The molecule has 2 N–H and O–H groups in total. The second kappa shape index (κ2) is 8.39. The number of fused-ring (bicyclic) bond motifs is 2. The van der Waals surface area contributed by atoms with Crippen molar-refractivity contribution in [1.29, 1.82) is 1.43 Å². The molecule has 32 heavy (non-hydrogen) atoms. The number of pyridine rings is 1. The number of aliphatic hydroxyl groups is 1. The molecule has 0 saturated heterocycles. The highest BCUT2D eigenvalue weighted by atomic mass is 19.4. The highest BCUT2D eigenvalue weighted by molar-refractivity contribution is 5.91. The number of alkyl halides is 3. The third kappa shape index (κ3) is 4.08. The Bertz CT molecular complexity index is 1140. The molecule has 170 valence electrons. The van der Waals surface area contributed by atoms with E-state index in [1.54, 1.807) is 12.1 Å². The summed E-state index contributed by atoms with van der Waals surface area (Å²) in [7, 11) is 0. The van der Waals surface area contributed by atoms with E-state index in [2.05, 4.69) is 15.4 Å². The molecule has 1 aliphatic carbocycles. The molecule has 1 aromatic heterocycles. The van der Waals surface area contributed by atoms with Crippen molar-refractivity contribution in [2.45, 2.75) is 63.1 Å². The fourth-order valence-corrected chi connectivity index (χ4v) is 5.14. The first-order valence-electron chi connectivity index (χ1n) is 11.5. The number of nitrogens with one attached hydrogen (secondary N) is 1. The number of halogens is 3. The molecule has 0 aliphatic heterocycles. The number of aryl methyl sites for hydroxylation is 2. The molecule has 6 heteroatoms. The van der Waals surface area contributed by atoms with E-state index < -0.39 is 23.7 Å². The van der Waals surface area contributed by atoms with Gasteiger partial charge in [0.05, 0.1) is 12.1 Å². The molecule has 3 nitrogen and oxygen atoms in total. The van der Waals surface area contributed by atoms with Crippen molar-refractivity contribution in [2.24, 2.45) is 0 Å². The van der Waals surface area contributed by atoms with E-state index in [1.165, 1.54) is 0 Å². The topological polar surface area (TPSA) is 45.1 Å². The van der Waals surface area contributed by atoms with Gasteiger partial charge in [-0.05, 0) is 79.8 Å². The summed E-state index contributed by atoms with van der Waals surface area (Å²) in [5.74, 6) is 0.